The molecule has 82 valence electrons. The first kappa shape index (κ1) is 15.3. The van der Waals surface area contributed by atoms with Crippen molar-refractivity contribution in [1.29, 1.82) is 0 Å². The molecular weight excluding hydrogens is 176 g/mol. The van der Waals surface area contributed by atoms with Crippen LogP contribution in [-0.2, 0) is 4.74 Å². The number of hydrogen-bond acceptors (Lipinski definition) is 5. The molecule has 0 aliphatic carbocycles. The molecule has 1 heterocycles. The minimum absolute atomic E-state index is 0.125. The van der Waals surface area contributed by atoms with E-state index >= 15 is 0 Å². The largest absolute Gasteiger partial charge is 0.394 e. The monoisotopic (exact) mass is 196 g/mol. The average Bonchev–Trinajstić information content (AvgIpc) is 2.76. The summed E-state index contributed by atoms with van der Waals surface area (Å²) in [5, 5.41) is 30.5. The van der Waals surface area contributed by atoms with Crippen LogP contribution in [0.15, 0.2) is 0 Å². The molecule has 0 saturated carbocycles. The maximum atomic E-state index is 7.62. The van der Waals surface area contributed by atoms with E-state index in [4.69, 9.17) is 25.2 Å². The summed E-state index contributed by atoms with van der Waals surface area (Å²) in [6.07, 6.45) is 2.56. The van der Waals surface area contributed by atoms with Crippen LogP contribution in [0.2, 0.25) is 0 Å². The molecule has 13 heavy (non-hydrogen) atoms. The van der Waals surface area contributed by atoms with Gasteiger partial charge in [-0.1, -0.05) is 0 Å². The SMILES string of the molecule is C1CCOC1.OCCO.OCCO. The van der Waals surface area contributed by atoms with Crippen molar-refractivity contribution in [1.82, 2.24) is 0 Å². The maximum absolute atomic E-state index is 7.62. The highest BCUT2D eigenvalue weighted by molar-refractivity contribution is 4.43. The summed E-state index contributed by atoms with van der Waals surface area (Å²) in [4.78, 5) is 0. The van der Waals surface area contributed by atoms with E-state index in [2.05, 4.69) is 0 Å². The molecule has 1 rings (SSSR count). The lowest BCUT2D eigenvalue weighted by atomic mass is 10.4. The van der Waals surface area contributed by atoms with Gasteiger partial charge in [-0.15, -0.1) is 0 Å². The Kier molecular flexibility index (Phi) is 20.9. The molecule has 0 aromatic carbocycles. The molecule has 1 fully saturated rings. The van der Waals surface area contributed by atoms with Crippen LogP contribution in [0.25, 0.3) is 0 Å². The van der Waals surface area contributed by atoms with Crippen molar-refractivity contribution in [2.45, 2.75) is 12.8 Å². The standard InChI is InChI=1S/C4H8O.2C2H6O2/c1-2-4-5-3-1;2*3-1-2-4/h1-4H2;2*3-4H,1-2H2. The zero-order valence-corrected chi connectivity index (χ0v) is 7.85. The number of ether oxygens (including phenoxy) is 1. The van der Waals surface area contributed by atoms with Crippen molar-refractivity contribution in [3.05, 3.63) is 0 Å². The van der Waals surface area contributed by atoms with Crippen molar-refractivity contribution in [3.63, 3.8) is 0 Å². The molecule has 0 unspecified atom stereocenters. The van der Waals surface area contributed by atoms with E-state index in [9.17, 15) is 0 Å². The Bertz CT molecular complexity index is 49.9. The summed E-state index contributed by atoms with van der Waals surface area (Å²) >= 11 is 0. The Labute approximate surface area is 78.6 Å². The van der Waals surface area contributed by atoms with E-state index in [1.165, 1.54) is 12.8 Å². The first-order valence-electron chi connectivity index (χ1n) is 4.34. The van der Waals surface area contributed by atoms with Crippen molar-refractivity contribution in [2.75, 3.05) is 39.6 Å². The third kappa shape index (κ3) is 24.5. The zero-order valence-electron chi connectivity index (χ0n) is 7.85. The third-order valence-corrected chi connectivity index (χ3v) is 1.03. The maximum Gasteiger partial charge on any atom is 0.0662 e. The molecule has 1 aliphatic heterocycles. The summed E-state index contributed by atoms with van der Waals surface area (Å²) in [6.45, 7) is 1.50. The van der Waals surface area contributed by atoms with Crippen LogP contribution < -0.4 is 0 Å². The summed E-state index contributed by atoms with van der Waals surface area (Å²) in [7, 11) is 0. The van der Waals surface area contributed by atoms with Crippen LogP contribution in [0.4, 0.5) is 0 Å². The second-order valence-corrected chi connectivity index (χ2v) is 2.21. The van der Waals surface area contributed by atoms with E-state index in [0.717, 1.165) is 13.2 Å². The van der Waals surface area contributed by atoms with Crippen molar-refractivity contribution in [3.8, 4) is 0 Å². The summed E-state index contributed by atoms with van der Waals surface area (Å²) in [5.41, 5.74) is 0. The van der Waals surface area contributed by atoms with Gasteiger partial charge in [0.2, 0.25) is 0 Å². The highest BCUT2D eigenvalue weighted by Crippen LogP contribution is 1.98. The Morgan fingerprint density at radius 1 is 0.692 bits per heavy atom. The molecule has 0 amide bonds. The molecule has 5 nitrogen and oxygen atoms in total. The smallest absolute Gasteiger partial charge is 0.0662 e. The van der Waals surface area contributed by atoms with Gasteiger partial charge in [0.15, 0.2) is 0 Å². The van der Waals surface area contributed by atoms with Gasteiger partial charge < -0.3 is 25.2 Å². The third-order valence-electron chi connectivity index (χ3n) is 1.03. The van der Waals surface area contributed by atoms with E-state index < -0.39 is 0 Å². The van der Waals surface area contributed by atoms with Gasteiger partial charge in [-0.25, -0.2) is 0 Å². The number of hydrogen-bond donors (Lipinski definition) is 4. The second kappa shape index (κ2) is 17.8. The Hall–Kier alpha value is -0.200. The van der Waals surface area contributed by atoms with Crippen LogP contribution >= 0.6 is 0 Å². The van der Waals surface area contributed by atoms with Crippen LogP contribution in [0.3, 0.4) is 0 Å². The van der Waals surface area contributed by atoms with Crippen LogP contribution in [0, 0.1) is 0 Å². The lowest BCUT2D eigenvalue weighted by Crippen LogP contribution is -1.85. The Balaban J connectivity index is 0. The van der Waals surface area contributed by atoms with Gasteiger partial charge >= 0.3 is 0 Å². The van der Waals surface area contributed by atoms with E-state index in [-0.39, 0.29) is 26.4 Å². The predicted molar refractivity (Wildman–Crippen MR) is 48.4 cm³/mol. The van der Waals surface area contributed by atoms with E-state index in [0.29, 0.717) is 0 Å². The minimum atomic E-state index is -0.125. The van der Waals surface area contributed by atoms with Crippen LogP contribution in [0.1, 0.15) is 12.8 Å². The molecule has 4 N–H and O–H groups in total. The zero-order chi connectivity index (χ0) is 10.4. The number of rotatable bonds is 2. The normalized spacial score (nSPS) is 13.8. The highest BCUT2D eigenvalue weighted by Gasteiger charge is 1.94. The molecule has 0 atom stereocenters. The molecule has 0 bridgehead atoms. The topological polar surface area (TPSA) is 90.2 Å². The van der Waals surface area contributed by atoms with Gasteiger partial charge in [-0.3, -0.25) is 0 Å². The van der Waals surface area contributed by atoms with Crippen molar-refractivity contribution >= 4 is 0 Å². The molecular formula is C8H20O5. The fraction of sp³-hybridized carbons (Fsp3) is 1.00. The molecule has 5 heteroatoms. The first-order valence-corrected chi connectivity index (χ1v) is 4.34. The second-order valence-electron chi connectivity index (χ2n) is 2.21. The molecule has 1 aliphatic rings. The van der Waals surface area contributed by atoms with Crippen molar-refractivity contribution in [2.24, 2.45) is 0 Å². The van der Waals surface area contributed by atoms with Gasteiger partial charge in [0.1, 0.15) is 0 Å². The fourth-order valence-corrected chi connectivity index (χ4v) is 0.510. The van der Waals surface area contributed by atoms with Gasteiger partial charge in [0.25, 0.3) is 0 Å². The van der Waals surface area contributed by atoms with Crippen LogP contribution in [0.5, 0.6) is 0 Å². The average molecular weight is 196 g/mol. The van der Waals surface area contributed by atoms with Gasteiger partial charge in [0.05, 0.1) is 26.4 Å². The highest BCUT2D eigenvalue weighted by atomic mass is 16.5. The Morgan fingerprint density at radius 3 is 1.08 bits per heavy atom. The molecule has 0 spiro atoms. The van der Waals surface area contributed by atoms with Crippen molar-refractivity contribution < 1.29 is 25.2 Å². The lowest BCUT2D eigenvalue weighted by molar-refractivity contribution is 0.186. The van der Waals surface area contributed by atoms with E-state index in [1.54, 1.807) is 0 Å². The van der Waals surface area contributed by atoms with Gasteiger partial charge in [-0.05, 0) is 12.8 Å². The van der Waals surface area contributed by atoms with Crippen LogP contribution in [-0.4, -0.2) is 60.1 Å². The quantitative estimate of drug-likeness (QED) is 0.442. The Morgan fingerprint density at radius 2 is 1.00 bits per heavy atom. The number of aliphatic hydroxyl groups excluding tert-OH is 4. The summed E-state index contributed by atoms with van der Waals surface area (Å²) < 4.78 is 4.94. The lowest BCUT2D eigenvalue weighted by Gasteiger charge is -1.76. The fourth-order valence-electron chi connectivity index (χ4n) is 0.510. The van der Waals surface area contributed by atoms with E-state index in [1.807, 2.05) is 0 Å². The summed E-state index contributed by atoms with van der Waals surface area (Å²) in [5.74, 6) is 0. The minimum Gasteiger partial charge on any atom is -0.394 e. The van der Waals surface area contributed by atoms with Gasteiger partial charge in [0, 0.05) is 13.2 Å². The van der Waals surface area contributed by atoms with Gasteiger partial charge in [-0.2, -0.15) is 0 Å². The molecule has 0 aromatic heterocycles. The first-order chi connectivity index (χ1) is 6.33. The predicted octanol–water partition coefficient (Wildman–Crippen LogP) is -1.26. The number of aliphatic hydroxyl groups is 4. The summed E-state index contributed by atoms with van der Waals surface area (Å²) in [6, 6.07) is 0. The molecule has 0 radical (unpaired) electrons. The molecule has 0 aromatic rings. The molecule has 1 saturated heterocycles.